The summed E-state index contributed by atoms with van der Waals surface area (Å²) in [5.74, 6) is 0.200. The van der Waals surface area contributed by atoms with Crippen molar-refractivity contribution in [2.24, 2.45) is 5.92 Å². The summed E-state index contributed by atoms with van der Waals surface area (Å²) >= 11 is 0.816. The monoisotopic (exact) mass is 379 g/mol. The second kappa shape index (κ2) is 7.08. The fourth-order valence-electron chi connectivity index (χ4n) is 2.95. The number of nitrogens with zero attached hydrogens (tertiary/aromatic N) is 3. The lowest BCUT2D eigenvalue weighted by molar-refractivity contribution is -0.140. The number of hydrogen-bond acceptors (Lipinski definition) is 4. The normalized spacial score (nSPS) is 15.7. The molecule has 0 aliphatic carbocycles. The van der Waals surface area contributed by atoms with Crippen LogP contribution in [-0.4, -0.2) is 28.9 Å². The fraction of sp³-hybridized carbons (Fsp3) is 0.389. The standard InChI is InChI=1S/C18H16F3N3OS/c1-11-5-7-24(8-6-11)17(25)15-12(9-22)3-2-4-13(15)16-23-14(10-26-16)18(19,20)21/h2-4,10-11H,5-8H2,1H3. The average Bonchev–Trinajstić information content (AvgIpc) is 3.11. The van der Waals surface area contributed by atoms with Crippen LogP contribution >= 0.6 is 11.3 Å². The van der Waals surface area contributed by atoms with E-state index in [0.29, 0.717) is 19.0 Å². The minimum Gasteiger partial charge on any atom is -0.339 e. The van der Waals surface area contributed by atoms with Crippen molar-refractivity contribution in [3.8, 4) is 16.6 Å². The predicted octanol–water partition coefficient (Wildman–Crippen LogP) is 4.57. The summed E-state index contributed by atoms with van der Waals surface area (Å²) < 4.78 is 38.6. The van der Waals surface area contributed by atoms with Gasteiger partial charge >= 0.3 is 6.18 Å². The van der Waals surface area contributed by atoms with Crippen molar-refractivity contribution >= 4 is 17.2 Å². The number of piperidine rings is 1. The third kappa shape index (κ3) is 3.58. The topological polar surface area (TPSA) is 57.0 Å². The SMILES string of the molecule is CC1CCN(C(=O)c2c(C#N)cccc2-c2nc(C(F)(F)F)cs2)CC1. The van der Waals surface area contributed by atoms with Crippen LogP contribution in [-0.2, 0) is 6.18 Å². The van der Waals surface area contributed by atoms with E-state index in [1.165, 1.54) is 6.07 Å². The van der Waals surface area contributed by atoms with Gasteiger partial charge in [-0.3, -0.25) is 4.79 Å². The first-order valence-corrected chi connectivity index (χ1v) is 9.04. The molecule has 3 rings (SSSR count). The van der Waals surface area contributed by atoms with Gasteiger partial charge in [0.1, 0.15) is 5.01 Å². The van der Waals surface area contributed by atoms with Crippen molar-refractivity contribution in [3.05, 3.63) is 40.4 Å². The second-order valence-corrected chi connectivity index (χ2v) is 7.21. The van der Waals surface area contributed by atoms with Gasteiger partial charge in [0.25, 0.3) is 5.91 Å². The van der Waals surface area contributed by atoms with Gasteiger partial charge in [-0.1, -0.05) is 19.1 Å². The summed E-state index contributed by atoms with van der Waals surface area (Å²) in [7, 11) is 0. The zero-order valence-electron chi connectivity index (χ0n) is 14.0. The molecule has 2 aromatic rings. The molecule has 26 heavy (non-hydrogen) atoms. The molecule has 0 spiro atoms. The van der Waals surface area contributed by atoms with Crippen LogP contribution in [0.5, 0.6) is 0 Å². The van der Waals surface area contributed by atoms with Crippen LogP contribution < -0.4 is 0 Å². The number of halogens is 3. The Kier molecular flexibility index (Phi) is 5.01. The Morgan fingerprint density at radius 3 is 2.62 bits per heavy atom. The molecule has 0 bridgehead atoms. The first-order valence-electron chi connectivity index (χ1n) is 8.16. The van der Waals surface area contributed by atoms with Crippen LogP contribution in [0.2, 0.25) is 0 Å². The number of hydrogen-bond donors (Lipinski definition) is 0. The molecule has 4 nitrogen and oxygen atoms in total. The molecular formula is C18H16F3N3OS. The van der Waals surface area contributed by atoms with Crippen molar-refractivity contribution in [3.63, 3.8) is 0 Å². The van der Waals surface area contributed by atoms with E-state index in [4.69, 9.17) is 0 Å². The Balaban J connectivity index is 2.03. The van der Waals surface area contributed by atoms with E-state index in [0.717, 1.165) is 29.6 Å². The smallest absolute Gasteiger partial charge is 0.339 e. The van der Waals surface area contributed by atoms with Crippen LogP contribution in [0.25, 0.3) is 10.6 Å². The highest BCUT2D eigenvalue weighted by atomic mass is 32.1. The largest absolute Gasteiger partial charge is 0.434 e. The average molecular weight is 379 g/mol. The number of carbonyl (C=O) groups excluding carboxylic acids is 1. The lowest BCUT2D eigenvalue weighted by atomic mass is 9.96. The van der Waals surface area contributed by atoms with Gasteiger partial charge in [0.05, 0.1) is 17.2 Å². The molecular weight excluding hydrogens is 363 g/mol. The summed E-state index contributed by atoms with van der Waals surface area (Å²) in [5, 5.41) is 10.4. The molecule has 1 aromatic heterocycles. The quantitative estimate of drug-likeness (QED) is 0.768. The van der Waals surface area contributed by atoms with Crippen LogP contribution in [0.1, 0.15) is 41.4 Å². The molecule has 1 aromatic carbocycles. The van der Waals surface area contributed by atoms with E-state index in [2.05, 4.69) is 11.9 Å². The summed E-state index contributed by atoms with van der Waals surface area (Å²) in [5.41, 5.74) is -0.444. The minimum atomic E-state index is -4.55. The van der Waals surface area contributed by atoms with Gasteiger partial charge in [-0.2, -0.15) is 18.4 Å². The van der Waals surface area contributed by atoms with Gasteiger partial charge in [0, 0.05) is 24.0 Å². The Morgan fingerprint density at radius 2 is 2.04 bits per heavy atom. The molecule has 136 valence electrons. The zero-order valence-corrected chi connectivity index (χ0v) is 14.8. The van der Waals surface area contributed by atoms with Gasteiger partial charge in [0.2, 0.25) is 0 Å². The molecule has 1 amide bonds. The third-order valence-corrected chi connectivity index (χ3v) is 5.37. The molecule has 1 fully saturated rings. The Bertz CT molecular complexity index is 861. The van der Waals surface area contributed by atoms with Gasteiger partial charge in [0.15, 0.2) is 5.69 Å². The van der Waals surface area contributed by atoms with E-state index >= 15 is 0 Å². The number of thiazole rings is 1. The van der Waals surface area contributed by atoms with Crippen molar-refractivity contribution < 1.29 is 18.0 Å². The summed E-state index contributed by atoms with van der Waals surface area (Å²) in [4.78, 5) is 18.3. The lowest BCUT2D eigenvalue weighted by Crippen LogP contribution is -2.38. The summed E-state index contributed by atoms with van der Waals surface area (Å²) in [6.45, 7) is 3.26. The van der Waals surface area contributed by atoms with Gasteiger partial charge in [-0.05, 0) is 24.8 Å². The van der Waals surface area contributed by atoms with Crippen molar-refractivity contribution in [2.75, 3.05) is 13.1 Å². The predicted molar refractivity (Wildman–Crippen MR) is 91.6 cm³/mol. The van der Waals surface area contributed by atoms with Crippen LogP contribution in [0.4, 0.5) is 13.2 Å². The van der Waals surface area contributed by atoms with Gasteiger partial charge in [-0.25, -0.2) is 4.98 Å². The summed E-state index contributed by atoms with van der Waals surface area (Å²) in [6.07, 6.45) is -2.81. The molecule has 0 radical (unpaired) electrons. The van der Waals surface area contributed by atoms with Gasteiger partial charge in [-0.15, -0.1) is 11.3 Å². The lowest BCUT2D eigenvalue weighted by Gasteiger charge is -2.31. The van der Waals surface area contributed by atoms with E-state index in [9.17, 15) is 23.2 Å². The summed E-state index contributed by atoms with van der Waals surface area (Å²) in [6, 6.07) is 6.57. The van der Waals surface area contributed by atoms with Crippen molar-refractivity contribution in [2.45, 2.75) is 25.9 Å². The Hall–Kier alpha value is -2.40. The first-order chi connectivity index (χ1) is 12.3. The number of aromatic nitrogens is 1. The molecule has 8 heteroatoms. The number of likely N-dealkylation sites (tertiary alicyclic amines) is 1. The molecule has 2 heterocycles. The highest BCUT2D eigenvalue weighted by Crippen LogP contribution is 2.36. The number of rotatable bonds is 2. The van der Waals surface area contributed by atoms with Crippen LogP contribution in [0, 0.1) is 17.2 Å². The molecule has 1 aliphatic rings. The number of benzene rings is 1. The van der Waals surface area contributed by atoms with Crippen LogP contribution in [0.3, 0.4) is 0 Å². The van der Waals surface area contributed by atoms with Crippen molar-refractivity contribution in [1.82, 2.24) is 9.88 Å². The maximum Gasteiger partial charge on any atom is 0.434 e. The number of carbonyl (C=O) groups is 1. The molecule has 0 N–H and O–H groups in total. The highest BCUT2D eigenvalue weighted by Gasteiger charge is 2.34. The highest BCUT2D eigenvalue weighted by molar-refractivity contribution is 7.13. The number of alkyl halides is 3. The van der Waals surface area contributed by atoms with E-state index in [1.807, 2.05) is 6.07 Å². The maximum atomic E-state index is 13.0. The fourth-order valence-corrected chi connectivity index (χ4v) is 3.81. The number of nitriles is 1. The van der Waals surface area contributed by atoms with Crippen LogP contribution in [0.15, 0.2) is 23.6 Å². The Morgan fingerprint density at radius 1 is 1.35 bits per heavy atom. The third-order valence-electron chi connectivity index (χ3n) is 4.49. The molecule has 0 unspecified atom stereocenters. The minimum absolute atomic E-state index is 0.0863. The molecule has 0 atom stereocenters. The Labute approximate surface area is 152 Å². The molecule has 1 saturated heterocycles. The van der Waals surface area contributed by atoms with Gasteiger partial charge < -0.3 is 4.90 Å². The van der Waals surface area contributed by atoms with E-state index < -0.39 is 11.9 Å². The van der Waals surface area contributed by atoms with E-state index in [1.54, 1.807) is 17.0 Å². The van der Waals surface area contributed by atoms with E-state index in [-0.39, 0.29) is 27.6 Å². The first kappa shape index (κ1) is 18.4. The molecule has 1 aliphatic heterocycles. The second-order valence-electron chi connectivity index (χ2n) is 6.35. The van der Waals surface area contributed by atoms with Crippen molar-refractivity contribution in [1.29, 1.82) is 5.26 Å². The molecule has 0 saturated carbocycles. The maximum absolute atomic E-state index is 13.0. The zero-order chi connectivity index (χ0) is 18.9. The number of amides is 1.